The summed E-state index contributed by atoms with van der Waals surface area (Å²) in [6, 6.07) is -0.592. The Morgan fingerprint density at radius 1 is 1.43 bits per heavy atom. The molecule has 3 N–H and O–H groups in total. The van der Waals surface area contributed by atoms with Gasteiger partial charge >= 0.3 is 12.0 Å². The fourth-order valence-electron chi connectivity index (χ4n) is 0.581. The molecule has 0 aliphatic heterocycles. The number of carbonyl (C=O) groups is 2. The summed E-state index contributed by atoms with van der Waals surface area (Å²) in [5, 5.41) is 10.6. The van der Waals surface area contributed by atoms with Crippen LogP contribution in [0.5, 0.6) is 0 Å². The number of hydrogen-bond acceptors (Lipinski definition) is 4. The maximum absolute atomic E-state index is 10.8. The summed E-state index contributed by atoms with van der Waals surface area (Å²) >= 11 is 0. The average Bonchev–Trinajstić information content (AvgIpc) is 2.12. The topological polar surface area (TPSA) is 96.9 Å². The zero-order chi connectivity index (χ0) is 10.8. The first-order valence-electron chi connectivity index (χ1n) is 4.12. The number of hydroxylamine groups is 1. The molecule has 0 aromatic heterocycles. The van der Waals surface area contributed by atoms with Crippen LogP contribution in [-0.2, 0) is 14.4 Å². The second kappa shape index (κ2) is 8.27. The van der Waals surface area contributed by atoms with Crippen LogP contribution in [0.15, 0.2) is 0 Å². The van der Waals surface area contributed by atoms with Crippen LogP contribution >= 0.6 is 0 Å². The van der Waals surface area contributed by atoms with Crippen LogP contribution in [0.3, 0.4) is 0 Å². The van der Waals surface area contributed by atoms with Gasteiger partial charge in [-0.25, -0.2) is 15.1 Å². The third-order valence-corrected chi connectivity index (χ3v) is 1.10. The van der Waals surface area contributed by atoms with Gasteiger partial charge in [-0.2, -0.15) is 0 Å². The molecule has 0 unspecified atom stereocenters. The largest absolute Gasteiger partial charge is 0.479 e. The highest BCUT2D eigenvalue weighted by Gasteiger charge is 2.00. The van der Waals surface area contributed by atoms with Crippen molar-refractivity contribution >= 4 is 12.0 Å². The van der Waals surface area contributed by atoms with Crippen LogP contribution in [0.2, 0.25) is 0 Å². The van der Waals surface area contributed by atoms with Crippen molar-refractivity contribution in [2.45, 2.75) is 6.92 Å². The first-order chi connectivity index (χ1) is 6.66. The number of carbonyl (C=O) groups excluding carboxylic acids is 1. The quantitative estimate of drug-likeness (QED) is 0.379. The Hall–Kier alpha value is -1.34. The molecule has 7 heteroatoms. The van der Waals surface area contributed by atoms with Gasteiger partial charge in [0.2, 0.25) is 0 Å². The molecule has 0 aliphatic rings. The standard InChI is InChI=1S/C7H14N2O5/c1-2-13-4-3-8-7(12)9-14-5-6(10)11/h2-5H2,1H3,(H,10,11)(H2,8,9,12). The van der Waals surface area contributed by atoms with Crippen LogP contribution < -0.4 is 10.8 Å². The molecule has 0 radical (unpaired) electrons. The molecule has 0 rings (SSSR count). The first-order valence-corrected chi connectivity index (χ1v) is 4.12. The number of ether oxygens (including phenoxy) is 1. The van der Waals surface area contributed by atoms with Crippen molar-refractivity contribution in [2.75, 3.05) is 26.4 Å². The van der Waals surface area contributed by atoms with Crippen molar-refractivity contribution in [3.05, 3.63) is 0 Å². The molecule has 0 aromatic carbocycles. The summed E-state index contributed by atoms with van der Waals surface area (Å²) in [5.41, 5.74) is 1.90. The maximum Gasteiger partial charge on any atom is 0.338 e. The zero-order valence-corrected chi connectivity index (χ0v) is 7.91. The van der Waals surface area contributed by atoms with E-state index in [-0.39, 0.29) is 0 Å². The molecule has 0 aromatic rings. The molecule has 0 atom stereocenters. The Labute approximate surface area is 81.3 Å². The molecule has 0 bridgehead atoms. The first kappa shape index (κ1) is 12.7. The van der Waals surface area contributed by atoms with Crippen molar-refractivity contribution in [1.82, 2.24) is 10.8 Å². The van der Waals surface area contributed by atoms with Crippen LogP contribution in [-0.4, -0.2) is 43.5 Å². The number of nitrogens with one attached hydrogen (secondary N) is 2. The molecule has 7 nitrogen and oxygen atoms in total. The predicted octanol–water partition coefficient (Wildman–Crippen LogP) is -0.662. The third kappa shape index (κ3) is 8.75. The summed E-state index contributed by atoms with van der Waals surface area (Å²) < 4.78 is 4.95. The Morgan fingerprint density at radius 3 is 2.71 bits per heavy atom. The molecular formula is C7H14N2O5. The predicted molar refractivity (Wildman–Crippen MR) is 46.6 cm³/mol. The highest BCUT2D eigenvalue weighted by atomic mass is 16.7. The van der Waals surface area contributed by atoms with Gasteiger partial charge in [0.05, 0.1) is 6.61 Å². The number of hydrogen-bond donors (Lipinski definition) is 3. The van der Waals surface area contributed by atoms with Crippen molar-refractivity contribution < 1.29 is 24.3 Å². The smallest absolute Gasteiger partial charge is 0.338 e. The minimum absolute atomic E-state index is 0.343. The number of carboxylic acid groups (broad SMARTS) is 1. The van der Waals surface area contributed by atoms with Crippen molar-refractivity contribution in [3.8, 4) is 0 Å². The van der Waals surface area contributed by atoms with Gasteiger partial charge in [-0.3, -0.25) is 4.84 Å². The lowest BCUT2D eigenvalue weighted by molar-refractivity contribution is -0.144. The van der Waals surface area contributed by atoms with E-state index in [4.69, 9.17) is 9.84 Å². The van der Waals surface area contributed by atoms with Crippen molar-refractivity contribution in [1.29, 1.82) is 0 Å². The summed E-state index contributed by atoms with van der Waals surface area (Å²) in [6.07, 6.45) is 0. The Balaban J connectivity index is 3.24. The molecule has 0 saturated heterocycles. The molecule has 0 fully saturated rings. The van der Waals surface area contributed by atoms with Gasteiger partial charge in [-0.05, 0) is 6.92 Å². The van der Waals surface area contributed by atoms with E-state index in [1.54, 1.807) is 0 Å². The number of carboxylic acids is 1. The van der Waals surface area contributed by atoms with Gasteiger partial charge in [0.25, 0.3) is 0 Å². The monoisotopic (exact) mass is 206 g/mol. The van der Waals surface area contributed by atoms with E-state index in [0.29, 0.717) is 19.8 Å². The van der Waals surface area contributed by atoms with E-state index >= 15 is 0 Å². The Morgan fingerprint density at radius 2 is 2.14 bits per heavy atom. The third-order valence-electron chi connectivity index (χ3n) is 1.10. The molecule has 2 amide bonds. The van der Waals surface area contributed by atoms with Gasteiger partial charge in [0.1, 0.15) is 0 Å². The molecular weight excluding hydrogens is 192 g/mol. The van der Waals surface area contributed by atoms with Crippen LogP contribution in [0.4, 0.5) is 4.79 Å². The molecule has 82 valence electrons. The lowest BCUT2D eigenvalue weighted by atomic mass is 10.7. The summed E-state index contributed by atoms with van der Waals surface area (Å²) in [5.74, 6) is -1.15. The lowest BCUT2D eigenvalue weighted by Gasteiger charge is -2.06. The van der Waals surface area contributed by atoms with Gasteiger partial charge in [-0.15, -0.1) is 0 Å². The van der Waals surface area contributed by atoms with Crippen LogP contribution in [0, 0.1) is 0 Å². The number of rotatable bonds is 7. The van der Waals surface area contributed by atoms with Gasteiger partial charge in [0.15, 0.2) is 6.61 Å². The average molecular weight is 206 g/mol. The summed E-state index contributed by atoms with van der Waals surface area (Å²) in [6.45, 7) is 2.60. The zero-order valence-electron chi connectivity index (χ0n) is 7.91. The van der Waals surface area contributed by atoms with Crippen molar-refractivity contribution in [2.24, 2.45) is 0 Å². The summed E-state index contributed by atoms with van der Waals surface area (Å²) in [4.78, 5) is 25.1. The normalized spacial score (nSPS) is 9.50. The van der Waals surface area contributed by atoms with Gasteiger partial charge in [-0.1, -0.05) is 0 Å². The van der Waals surface area contributed by atoms with E-state index in [9.17, 15) is 9.59 Å². The van der Waals surface area contributed by atoms with Crippen molar-refractivity contribution in [3.63, 3.8) is 0 Å². The summed E-state index contributed by atoms with van der Waals surface area (Å²) in [7, 11) is 0. The van der Waals surface area contributed by atoms with E-state index in [1.165, 1.54) is 0 Å². The van der Waals surface area contributed by atoms with Gasteiger partial charge in [0, 0.05) is 13.2 Å². The molecule has 0 spiro atoms. The number of amides is 2. The number of urea groups is 1. The molecule has 0 heterocycles. The second-order valence-electron chi connectivity index (χ2n) is 2.24. The Kier molecular flexibility index (Phi) is 7.48. The second-order valence-corrected chi connectivity index (χ2v) is 2.24. The minimum Gasteiger partial charge on any atom is -0.479 e. The lowest BCUT2D eigenvalue weighted by Crippen LogP contribution is -2.38. The van der Waals surface area contributed by atoms with Crippen LogP contribution in [0.1, 0.15) is 6.92 Å². The Bertz CT molecular complexity index is 185. The van der Waals surface area contributed by atoms with E-state index < -0.39 is 18.6 Å². The van der Waals surface area contributed by atoms with E-state index in [2.05, 4.69) is 10.2 Å². The van der Waals surface area contributed by atoms with Crippen LogP contribution in [0.25, 0.3) is 0 Å². The highest BCUT2D eigenvalue weighted by Crippen LogP contribution is 1.73. The van der Waals surface area contributed by atoms with Gasteiger partial charge < -0.3 is 15.2 Å². The molecule has 0 aliphatic carbocycles. The molecule has 14 heavy (non-hydrogen) atoms. The highest BCUT2D eigenvalue weighted by molar-refractivity contribution is 5.73. The molecule has 0 saturated carbocycles. The van der Waals surface area contributed by atoms with E-state index in [1.807, 2.05) is 12.4 Å². The van der Waals surface area contributed by atoms with E-state index in [0.717, 1.165) is 0 Å². The number of aliphatic carboxylic acids is 1. The SMILES string of the molecule is CCOCCNC(=O)NOCC(=O)O. The fraction of sp³-hybridized carbons (Fsp3) is 0.714. The maximum atomic E-state index is 10.8. The minimum atomic E-state index is -1.15. The fourth-order valence-corrected chi connectivity index (χ4v) is 0.581.